The van der Waals surface area contributed by atoms with E-state index >= 15 is 0 Å². The van der Waals surface area contributed by atoms with Crippen LogP contribution in [0.1, 0.15) is 5.56 Å². The van der Waals surface area contributed by atoms with E-state index in [1.54, 1.807) is 42.5 Å². The average Bonchev–Trinajstić information content (AvgIpc) is 2.84. The number of para-hydroxylation sites is 2. The maximum absolute atomic E-state index is 14.5. The number of halogens is 3. The second-order valence-electron chi connectivity index (χ2n) is 7.41. The van der Waals surface area contributed by atoms with Crippen molar-refractivity contribution < 1.29 is 22.7 Å². The summed E-state index contributed by atoms with van der Waals surface area (Å²) in [6.45, 7) is -2.57. The SMILES string of the molecule is O=C(CSc1nc2ccccc2c(=O)n1-c1ccccc1F)NCCc1ccc(OC(F)F)cc1. The highest BCUT2D eigenvalue weighted by atomic mass is 32.2. The zero-order valence-corrected chi connectivity index (χ0v) is 19.1. The molecule has 0 aliphatic carbocycles. The van der Waals surface area contributed by atoms with Crippen molar-refractivity contribution in [1.29, 1.82) is 0 Å². The lowest BCUT2D eigenvalue weighted by molar-refractivity contribution is -0.118. The summed E-state index contributed by atoms with van der Waals surface area (Å²) in [5, 5.41) is 3.31. The summed E-state index contributed by atoms with van der Waals surface area (Å²) in [5.74, 6) is -0.855. The molecule has 180 valence electrons. The van der Waals surface area contributed by atoms with E-state index in [-0.39, 0.29) is 28.3 Å². The van der Waals surface area contributed by atoms with Crippen LogP contribution >= 0.6 is 11.8 Å². The molecule has 35 heavy (non-hydrogen) atoms. The predicted octanol–water partition coefficient (Wildman–Crippen LogP) is 4.58. The summed E-state index contributed by atoms with van der Waals surface area (Å²) in [4.78, 5) is 30.1. The highest BCUT2D eigenvalue weighted by molar-refractivity contribution is 7.99. The van der Waals surface area contributed by atoms with Crippen LogP contribution in [0.4, 0.5) is 13.2 Å². The maximum atomic E-state index is 14.5. The fraction of sp³-hybridized carbons (Fsp3) is 0.160. The molecule has 0 spiro atoms. The van der Waals surface area contributed by atoms with Crippen molar-refractivity contribution in [3.63, 3.8) is 0 Å². The van der Waals surface area contributed by atoms with Gasteiger partial charge < -0.3 is 10.1 Å². The Bertz CT molecular complexity index is 1390. The Hall–Kier alpha value is -3.79. The Morgan fingerprint density at radius 3 is 2.49 bits per heavy atom. The number of nitrogens with zero attached hydrogens (tertiary/aromatic N) is 2. The summed E-state index contributed by atoms with van der Waals surface area (Å²) in [7, 11) is 0. The number of hydrogen-bond acceptors (Lipinski definition) is 5. The zero-order chi connectivity index (χ0) is 24.8. The Morgan fingerprint density at radius 1 is 1.03 bits per heavy atom. The van der Waals surface area contributed by atoms with Crippen molar-refractivity contribution in [3.05, 3.63) is 94.5 Å². The minimum atomic E-state index is -2.88. The zero-order valence-electron chi connectivity index (χ0n) is 18.3. The third-order valence-corrected chi connectivity index (χ3v) is 5.99. The van der Waals surface area contributed by atoms with Gasteiger partial charge in [-0.05, 0) is 48.4 Å². The monoisotopic (exact) mass is 499 g/mol. The number of rotatable bonds is 9. The van der Waals surface area contributed by atoms with Crippen LogP contribution in [-0.2, 0) is 11.2 Å². The van der Waals surface area contributed by atoms with E-state index in [1.165, 1.54) is 34.9 Å². The number of ether oxygens (including phenoxy) is 1. The van der Waals surface area contributed by atoms with Gasteiger partial charge in [0.15, 0.2) is 5.16 Å². The van der Waals surface area contributed by atoms with Crippen LogP contribution in [0.15, 0.2) is 82.7 Å². The van der Waals surface area contributed by atoms with Gasteiger partial charge in [0.2, 0.25) is 5.91 Å². The molecule has 10 heteroatoms. The summed E-state index contributed by atoms with van der Waals surface area (Å²) >= 11 is 1.03. The fourth-order valence-electron chi connectivity index (χ4n) is 3.42. The normalized spacial score (nSPS) is 11.1. The highest BCUT2D eigenvalue weighted by Crippen LogP contribution is 2.22. The molecule has 3 aromatic carbocycles. The molecule has 1 N–H and O–H groups in total. The summed E-state index contributed by atoms with van der Waals surface area (Å²) in [6.07, 6.45) is 0.486. The number of amides is 1. The van der Waals surface area contributed by atoms with E-state index in [4.69, 9.17) is 0 Å². The predicted molar refractivity (Wildman–Crippen MR) is 128 cm³/mol. The van der Waals surface area contributed by atoms with Crippen LogP contribution < -0.4 is 15.6 Å². The van der Waals surface area contributed by atoms with Crippen molar-refractivity contribution in [2.45, 2.75) is 18.2 Å². The smallest absolute Gasteiger partial charge is 0.387 e. The van der Waals surface area contributed by atoms with E-state index in [1.807, 2.05) is 0 Å². The Morgan fingerprint density at radius 2 is 1.74 bits per heavy atom. The molecule has 4 aromatic rings. The quantitative estimate of drug-likeness (QED) is 0.270. The van der Waals surface area contributed by atoms with Gasteiger partial charge in [0.25, 0.3) is 5.56 Å². The van der Waals surface area contributed by atoms with Crippen LogP contribution in [0.2, 0.25) is 0 Å². The number of benzene rings is 3. The van der Waals surface area contributed by atoms with Gasteiger partial charge in [-0.2, -0.15) is 8.78 Å². The van der Waals surface area contributed by atoms with Crippen LogP contribution in [0.5, 0.6) is 5.75 Å². The molecule has 0 radical (unpaired) electrons. The van der Waals surface area contributed by atoms with Crippen LogP contribution in [-0.4, -0.2) is 34.4 Å². The number of nitrogens with one attached hydrogen (secondary N) is 1. The molecule has 1 amide bonds. The average molecular weight is 500 g/mol. The van der Waals surface area contributed by atoms with Gasteiger partial charge in [0.1, 0.15) is 11.6 Å². The molecule has 6 nitrogen and oxygen atoms in total. The molecule has 0 bridgehead atoms. The molecule has 0 saturated carbocycles. The minimum Gasteiger partial charge on any atom is -0.435 e. The molecule has 0 aliphatic heterocycles. The molecule has 4 rings (SSSR count). The number of thioether (sulfide) groups is 1. The number of aromatic nitrogens is 2. The maximum Gasteiger partial charge on any atom is 0.387 e. The van der Waals surface area contributed by atoms with Gasteiger partial charge in [0, 0.05) is 6.54 Å². The second-order valence-corrected chi connectivity index (χ2v) is 8.36. The van der Waals surface area contributed by atoms with Gasteiger partial charge >= 0.3 is 6.61 Å². The lowest BCUT2D eigenvalue weighted by Crippen LogP contribution is -2.28. The van der Waals surface area contributed by atoms with Crippen molar-refractivity contribution >= 4 is 28.6 Å². The van der Waals surface area contributed by atoms with E-state index in [0.29, 0.717) is 23.9 Å². The summed E-state index contributed by atoms with van der Waals surface area (Å²) < 4.78 is 44.5. The number of fused-ring (bicyclic) bond motifs is 1. The van der Waals surface area contributed by atoms with E-state index in [2.05, 4.69) is 15.0 Å². The van der Waals surface area contributed by atoms with E-state index in [0.717, 1.165) is 17.3 Å². The van der Waals surface area contributed by atoms with Crippen molar-refractivity contribution in [3.8, 4) is 11.4 Å². The number of alkyl halides is 2. The van der Waals surface area contributed by atoms with Gasteiger partial charge in [0.05, 0.1) is 22.3 Å². The largest absolute Gasteiger partial charge is 0.435 e. The van der Waals surface area contributed by atoms with Crippen molar-refractivity contribution in [2.24, 2.45) is 0 Å². The second kappa shape index (κ2) is 11.1. The summed E-state index contributed by atoms with van der Waals surface area (Å²) in [6, 6.07) is 18.8. The molecule has 0 atom stereocenters. The third-order valence-electron chi connectivity index (χ3n) is 5.06. The Kier molecular flexibility index (Phi) is 7.71. The number of hydrogen-bond donors (Lipinski definition) is 1. The lowest BCUT2D eigenvalue weighted by Gasteiger charge is -2.14. The van der Waals surface area contributed by atoms with Gasteiger partial charge in [-0.25, -0.2) is 9.37 Å². The molecule has 0 unspecified atom stereocenters. The first-order valence-electron chi connectivity index (χ1n) is 10.6. The Balaban J connectivity index is 1.44. The number of carbonyl (C=O) groups is 1. The van der Waals surface area contributed by atoms with Crippen molar-refractivity contribution in [1.82, 2.24) is 14.9 Å². The standard InChI is InChI=1S/C25H20F3N3O3S/c26-19-6-2-4-8-21(19)31-23(33)18-5-1-3-7-20(18)30-25(31)35-15-22(32)29-14-13-16-9-11-17(12-10-16)34-24(27)28/h1-12,24H,13-15H2,(H,29,32). The van der Waals surface area contributed by atoms with E-state index in [9.17, 15) is 22.8 Å². The molecule has 1 aromatic heterocycles. The molecule has 0 saturated heterocycles. The third kappa shape index (κ3) is 6.02. The van der Waals surface area contributed by atoms with Gasteiger partial charge in [-0.15, -0.1) is 0 Å². The number of carbonyl (C=O) groups excluding carboxylic acids is 1. The van der Waals surface area contributed by atoms with E-state index < -0.39 is 18.0 Å². The molecule has 0 aliphatic rings. The first kappa shape index (κ1) is 24.3. The highest BCUT2D eigenvalue weighted by Gasteiger charge is 2.17. The first-order valence-corrected chi connectivity index (χ1v) is 11.6. The van der Waals surface area contributed by atoms with Crippen LogP contribution in [0, 0.1) is 5.82 Å². The van der Waals surface area contributed by atoms with Gasteiger partial charge in [-0.1, -0.05) is 48.2 Å². The molecule has 0 fully saturated rings. The van der Waals surface area contributed by atoms with Crippen LogP contribution in [0.25, 0.3) is 16.6 Å². The molecular formula is C25H20F3N3O3S. The van der Waals surface area contributed by atoms with Gasteiger partial charge in [-0.3, -0.25) is 14.2 Å². The molecule has 1 heterocycles. The fourth-order valence-corrected chi connectivity index (χ4v) is 4.26. The summed E-state index contributed by atoms with van der Waals surface area (Å²) in [5.41, 5.74) is 0.914. The minimum absolute atomic E-state index is 0.0413. The lowest BCUT2D eigenvalue weighted by atomic mass is 10.1. The molecular weight excluding hydrogens is 479 g/mol. The topological polar surface area (TPSA) is 73.2 Å². The Labute approximate surface area is 202 Å². The van der Waals surface area contributed by atoms with Crippen molar-refractivity contribution in [2.75, 3.05) is 12.3 Å². The van der Waals surface area contributed by atoms with Crippen LogP contribution in [0.3, 0.4) is 0 Å². The first-order chi connectivity index (χ1) is 16.9.